The fourth-order valence-corrected chi connectivity index (χ4v) is 4.30. The fourth-order valence-electron chi connectivity index (χ4n) is 2.21. The van der Waals surface area contributed by atoms with Gasteiger partial charge in [-0.05, 0) is 18.6 Å². The Hall–Kier alpha value is -1.72. The Morgan fingerprint density at radius 2 is 2.04 bits per heavy atom. The van der Waals surface area contributed by atoms with E-state index in [1.165, 1.54) is 0 Å². The molecule has 0 spiro atoms. The Morgan fingerprint density at radius 3 is 2.54 bits per heavy atom. The summed E-state index contributed by atoms with van der Waals surface area (Å²) in [4.78, 5) is 14.8. The van der Waals surface area contributed by atoms with Crippen LogP contribution in [0.15, 0.2) is 22.7 Å². The average Bonchev–Trinajstić information content (AvgIpc) is 2.49. The van der Waals surface area contributed by atoms with E-state index in [2.05, 4.69) is 9.35 Å². The summed E-state index contributed by atoms with van der Waals surface area (Å²) in [5.74, 6) is -1.93. The molecule has 24 heavy (non-hydrogen) atoms. The van der Waals surface area contributed by atoms with Gasteiger partial charge in [-0.1, -0.05) is 0 Å². The molecule has 0 bridgehead atoms. The predicted octanol–water partition coefficient (Wildman–Crippen LogP) is 0.653. The smallest absolute Gasteiger partial charge is 0.423 e. The summed E-state index contributed by atoms with van der Waals surface area (Å²) < 4.78 is 55.9. The summed E-state index contributed by atoms with van der Waals surface area (Å²) in [6.45, 7) is 0. The lowest BCUT2D eigenvalue weighted by Gasteiger charge is -2.30. The number of hydrogen-bond acceptors (Lipinski definition) is 6. The van der Waals surface area contributed by atoms with Gasteiger partial charge in [-0.3, -0.25) is 9.78 Å². The Labute approximate surface area is 135 Å². The number of hydrogen-bond donors (Lipinski definition) is 3. The van der Waals surface area contributed by atoms with Crippen LogP contribution in [-0.2, 0) is 20.1 Å². The van der Waals surface area contributed by atoms with Crippen LogP contribution in [0.1, 0.15) is 18.5 Å². The van der Waals surface area contributed by atoms with Gasteiger partial charge < -0.3 is 15.9 Å². The van der Waals surface area contributed by atoms with Gasteiger partial charge in [0.1, 0.15) is 5.75 Å². The number of aromatic hydroxyl groups is 1. The molecule has 2 unspecified atom stereocenters. The molecule has 0 aliphatic carbocycles. The van der Waals surface area contributed by atoms with Gasteiger partial charge >= 0.3 is 6.18 Å². The average molecular weight is 367 g/mol. The summed E-state index contributed by atoms with van der Waals surface area (Å²) >= 11 is 0. The molecule has 0 saturated carbocycles. The van der Waals surface area contributed by atoms with E-state index in [1.54, 1.807) is 0 Å². The van der Waals surface area contributed by atoms with Crippen molar-refractivity contribution in [3.8, 4) is 5.75 Å². The largest absolute Gasteiger partial charge is 0.506 e. The number of alkyl halides is 3. The molecule has 1 aliphatic rings. The highest BCUT2D eigenvalue weighted by Crippen LogP contribution is 2.41. The maximum Gasteiger partial charge on any atom is 0.423 e. The summed E-state index contributed by atoms with van der Waals surface area (Å²) in [6, 6.07) is 0.876. The highest BCUT2D eigenvalue weighted by atomic mass is 32.2. The van der Waals surface area contributed by atoms with Crippen molar-refractivity contribution in [3.63, 3.8) is 0 Å². The Morgan fingerprint density at radius 1 is 1.38 bits per heavy atom. The van der Waals surface area contributed by atoms with Gasteiger partial charge in [0, 0.05) is 17.9 Å². The first-order valence-corrected chi connectivity index (χ1v) is 8.79. The number of aromatic nitrogens is 1. The zero-order valence-corrected chi connectivity index (χ0v) is 13.2. The third-order valence-corrected chi connectivity index (χ3v) is 5.97. The van der Waals surface area contributed by atoms with Crippen LogP contribution in [0.2, 0.25) is 0 Å². The molecule has 2 heterocycles. The lowest BCUT2D eigenvalue weighted by atomic mass is 9.95. The van der Waals surface area contributed by atoms with Crippen molar-refractivity contribution in [2.75, 3.05) is 11.5 Å². The standard InChI is InChI=1S/C13H16F3N3O4S/c14-13(15,16)12(22,10-2-1-8(20)7-18-10)4-6-24(23)5-3-9(17)11(21)19-24/h1-2,7,9,20,22H,3-6,17H2/t9-,12?,24?/m0/s1. The van der Waals surface area contributed by atoms with Crippen LogP contribution in [0, 0.1) is 0 Å². The number of aliphatic hydroxyl groups is 1. The minimum absolute atomic E-state index is 0.0586. The summed E-state index contributed by atoms with van der Waals surface area (Å²) in [5, 5.41) is 19.2. The maximum atomic E-state index is 13.3. The van der Waals surface area contributed by atoms with Crippen molar-refractivity contribution in [2.45, 2.75) is 30.7 Å². The van der Waals surface area contributed by atoms with Gasteiger partial charge in [0.2, 0.25) is 5.60 Å². The van der Waals surface area contributed by atoms with Crippen LogP contribution in [0.25, 0.3) is 0 Å². The van der Waals surface area contributed by atoms with Crippen molar-refractivity contribution < 1.29 is 32.4 Å². The maximum absolute atomic E-state index is 13.3. The third kappa shape index (κ3) is 3.68. The van der Waals surface area contributed by atoms with E-state index < -0.39 is 51.3 Å². The molecule has 1 aliphatic heterocycles. The monoisotopic (exact) mass is 367 g/mol. The second-order valence-corrected chi connectivity index (χ2v) is 8.06. The highest BCUT2D eigenvalue weighted by molar-refractivity contribution is 7.93. The van der Waals surface area contributed by atoms with Gasteiger partial charge in [0.05, 0.1) is 27.7 Å². The molecular formula is C13H16F3N3O4S. The number of carbonyl (C=O) groups is 1. The minimum Gasteiger partial charge on any atom is -0.506 e. The normalized spacial score (nSPS) is 27.4. The second kappa shape index (κ2) is 6.30. The molecule has 2 rings (SSSR count). The van der Waals surface area contributed by atoms with Crippen LogP contribution in [-0.4, -0.2) is 49.0 Å². The van der Waals surface area contributed by atoms with Crippen LogP contribution in [0.4, 0.5) is 13.2 Å². The van der Waals surface area contributed by atoms with Gasteiger partial charge in [0.25, 0.3) is 5.91 Å². The minimum atomic E-state index is -5.10. The van der Waals surface area contributed by atoms with Crippen molar-refractivity contribution in [1.29, 1.82) is 0 Å². The molecule has 3 atom stereocenters. The van der Waals surface area contributed by atoms with E-state index in [9.17, 15) is 27.3 Å². The fraction of sp³-hybridized carbons (Fsp3) is 0.538. The topological polar surface area (TPSA) is 126 Å². The Kier molecular flexibility index (Phi) is 4.88. The SMILES string of the molecule is N[C@H]1CCS(=O)(CCC(O)(c2ccc(O)cn2)C(F)(F)F)=NC1=O. The third-order valence-electron chi connectivity index (χ3n) is 3.74. The molecule has 7 nitrogen and oxygen atoms in total. The van der Waals surface area contributed by atoms with Crippen LogP contribution in [0.3, 0.4) is 0 Å². The van der Waals surface area contributed by atoms with Gasteiger partial charge in [-0.25, -0.2) is 4.21 Å². The van der Waals surface area contributed by atoms with Gasteiger partial charge in [-0.15, -0.1) is 0 Å². The summed E-state index contributed by atoms with van der Waals surface area (Å²) in [6.07, 6.45) is -5.26. The highest BCUT2D eigenvalue weighted by Gasteiger charge is 2.56. The number of nitrogens with zero attached hydrogens (tertiary/aromatic N) is 2. The van der Waals surface area contributed by atoms with E-state index in [4.69, 9.17) is 10.8 Å². The quantitative estimate of drug-likeness (QED) is 0.717. The van der Waals surface area contributed by atoms with E-state index in [-0.39, 0.29) is 17.9 Å². The molecule has 0 fully saturated rings. The summed E-state index contributed by atoms with van der Waals surface area (Å²) in [7, 11) is -3.22. The Balaban J connectivity index is 2.31. The predicted molar refractivity (Wildman–Crippen MR) is 78.4 cm³/mol. The van der Waals surface area contributed by atoms with Gasteiger partial charge in [-0.2, -0.15) is 17.5 Å². The molecule has 1 amide bonds. The van der Waals surface area contributed by atoms with Gasteiger partial charge in [0.15, 0.2) is 0 Å². The Bertz CT molecular complexity index is 744. The molecule has 1 aromatic rings. The van der Waals surface area contributed by atoms with Crippen molar-refractivity contribution in [3.05, 3.63) is 24.0 Å². The van der Waals surface area contributed by atoms with Crippen LogP contribution >= 0.6 is 0 Å². The zero-order chi connectivity index (χ0) is 18.2. The van der Waals surface area contributed by atoms with Crippen LogP contribution < -0.4 is 5.73 Å². The van der Waals surface area contributed by atoms with E-state index >= 15 is 0 Å². The first-order valence-electron chi connectivity index (χ1n) is 6.93. The first-order chi connectivity index (χ1) is 11.0. The van der Waals surface area contributed by atoms with Crippen LogP contribution in [0.5, 0.6) is 5.75 Å². The second-order valence-electron chi connectivity index (χ2n) is 5.52. The number of halogens is 3. The van der Waals surface area contributed by atoms with Crippen molar-refractivity contribution >= 4 is 15.6 Å². The number of nitrogens with two attached hydrogens (primary N) is 1. The summed E-state index contributed by atoms with van der Waals surface area (Å²) in [5.41, 5.74) is 1.31. The molecule has 1 aromatic heterocycles. The molecule has 134 valence electrons. The van der Waals surface area contributed by atoms with Crippen molar-refractivity contribution in [1.82, 2.24) is 4.98 Å². The number of rotatable bonds is 4. The van der Waals surface area contributed by atoms with Crippen molar-refractivity contribution in [2.24, 2.45) is 10.1 Å². The molecular weight excluding hydrogens is 351 g/mol. The molecule has 11 heteroatoms. The zero-order valence-electron chi connectivity index (χ0n) is 12.4. The first kappa shape index (κ1) is 18.6. The number of pyridine rings is 1. The van der Waals surface area contributed by atoms with E-state index in [0.29, 0.717) is 0 Å². The lowest BCUT2D eigenvalue weighted by Crippen LogP contribution is -2.45. The molecule has 0 saturated heterocycles. The molecule has 4 N–H and O–H groups in total. The number of amides is 1. The van der Waals surface area contributed by atoms with E-state index in [1.807, 2.05) is 0 Å². The number of carbonyl (C=O) groups excluding carboxylic acids is 1. The molecule has 0 aromatic carbocycles. The van der Waals surface area contributed by atoms with E-state index in [0.717, 1.165) is 18.3 Å². The molecule has 0 radical (unpaired) electrons. The lowest BCUT2D eigenvalue weighted by molar-refractivity contribution is -0.268.